The minimum absolute atomic E-state index is 0.0793. The Morgan fingerprint density at radius 1 is 1.08 bits per heavy atom. The summed E-state index contributed by atoms with van der Waals surface area (Å²) in [7, 11) is 0. The maximum Gasteiger partial charge on any atom is 0.573 e. The average molecular weight is 339 g/mol. The molecule has 0 spiro atoms. The summed E-state index contributed by atoms with van der Waals surface area (Å²) >= 11 is 0. The molecule has 1 N–H and O–H groups in total. The molecule has 0 aliphatic rings. The highest BCUT2D eigenvalue weighted by atomic mass is 19.4. The number of amides is 1. The zero-order valence-electron chi connectivity index (χ0n) is 13.1. The Morgan fingerprint density at radius 2 is 1.79 bits per heavy atom. The minimum atomic E-state index is -4.84. The molecule has 0 atom stereocenters. The van der Waals surface area contributed by atoms with Gasteiger partial charge in [0.2, 0.25) is 0 Å². The molecule has 4 nitrogen and oxygen atoms in total. The van der Waals surface area contributed by atoms with Crippen molar-refractivity contribution in [1.82, 2.24) is 0 Å². The smallest absolute Gasteiger partial charge is 0.483 e. The number of nitrogens with one attached hydrogen (secondary N) is 1. The fraction of sp³-hybridized carbons (Fsp3) is 0.235. The summed E-state index contributed by atoms with van der Waals surface area (Å²) in [6, 6.07) is 10.9. The molecule has 0 aliphatic heterocycles. The first-order valence-corrected chi connectivity index (χ1v) is 7.09. The number of para-hydroxylation sites is 2. The number of alkyl halides is 3. The van der Waals surface area contributed by atoms with Gasteiger partial charge in [-0.3, -0.25) is 4.79 Å². The summed E-state index contributed by atoms with van der Waals surface area (Å²) in [6.45, 7) is 3.39. The van der Waals surface area contributed by atoms with Crippen molar-refractivity contribution in [3.63, 3.8) is 0 Å². The molecule has 1 amide bonds. The third-order valence-corrected chi connectivity index (χ3v) is 3.09. The first kappa shape index (κ1) is 17.7. The van der Waals surface area contributed by atoms with E-state index in [1.165, 1.54) is 18.2 Å². The van der Waals surface area contributed by atoms with Crippen LogP contribution in [-0.4, -0.2) is 18.9 Å². The van der Waals surface area contributed by atoms with Crippen LogP contribution < -0.4 is 14.8 Å². The third-order valence-electron chi connectivity index (χ3n) is 3.09. The summed E-state index contributed by atoms with van der Waals surface area (Å²) in [5, 5.41) is 2.35. The molecule has 0 unspecified atom stereocenters. The zero-order chi connectivity index (χ0) is 17.7. The maximum absolute atomic E-state index is 12.4. The Hall–Kier alpha value is -2.70. The lowest BCUT2D eigenvalue weighted by Gasteiger charge is -2.14. The summed E-state index contributed by atoms with van der Waals surface area (Å²) in [4.78, 5) is 11.9. The topological polar surface area (TPSA) is 47.6 Å². The van der Waals surface area contributed by atoms with E-state index in [-0.39, 0.29) is 12.3 Å². The first-order valence-electron chi connectivity index (χ1n) is 7.09. The normalized spacial score (nSPS) is 11.0. The van der Waals surface area contributed by atoms with Gasteiger partial charge in [0.25, 0.3) is 5.91 Å². The molecule has 2 rings (SSSR count). The largest absolute Gasteiger partial charge is 0.573 e. The van der Waals surface area contributed by atoms with Gasteiger partial charge in [-0.15, -0.1) is 13.2 Å². The highest BCUT2D eigenvalue weighted by molar-refractivity contribution is 5.93. The second-order valence-electron chi connectivity index (χ2n) is 5.15. The van der Waals surface area contributed by atoms with Gasteiger partial charge in [-0.2, -0.15) is 0 Å². The molecule has 0 bridgehead atoms. The predicted octanol–water partition coefficient (Wildman–Crippen LogP) is 4.22. The van der Waals surface area contributed by atoms with E-state index in [1.807, 2.05) is 26.0 Å². The minimum Gasteiger partial charge on any atom is -0.483 e. The highest BCUT2D eigenvalue weighted by Gasteiger charge is 2.32. The molecular weight excluding hydrogens is 323 g/mol. The lowest BCUT2D eigenvalue weighted by atomic mass is 10.1. The van der Waals surface area contributed by atoms with Gasteiger partial charge in [0.15, 0.2) is 12.4 Å². The number of carbonyl (C=O) groups is 1. The van der Waals surface area contributed by atoms with E-state index in [2.05, 4.69) is 10.1 Å². The molecule has 128 valence electrons. The van der Waals surface area contributed by atoms with Gasteiger partial charge in [-0.1, -0.05) is 24.3 Å². The molecule has 0 aromatic heterocycles. The van der Waals surface area contributed by atoms with Gasteiger partial charge in [-0.05, 0) is 43.2 Å². The quantitative estimate of drug-likeness (QED) is 0.887. The zero-order valence-corrected chi connectivity index (χ0v) is 13.1. The number of hydrogen-bond acceptors (Lipinski definition) is 3. The third kappa shape index (κ3) is 5.19. The van der Waals surface area contributed by atoms with Gasteiger partial charge in [0, 0.05) is 0 Å². The lowest BCUT2D eigenvalue weighted by molar-refractivity contribution is -0.274. The molecule has 0 saturated carbocycles. The van der Waals surface area contributed by atoms with E-state index in [4.69, 9.17) is 4.74 Å². The fourth-order valence-corrected chi connectivity index (χ4v) is 1.98. The van der Waals surface area contributed by atoms with Crippen LogP contribution in [0.4, 0.5) is 18.9 Å². The van der Waals surface area contributed by atoms with Crippen LogP contribution in [0.25, 0.3) is 0 Å². The predicted molar refractivity (Wildman–Crippen MR) is 83.2 cm³/mol. The van der Waals surface area contributed by atoms with E-state index in [9.17, 15) is 18.0 Å². The molecule has 0 heterocycles. The number of carbonyl (C=O) groups excluding carboxylic acids is 1. The number of hydrogen-bond donors (Lipinski definition) is 1. The number of ether oxygens (including phenoxy) is 2. The van der Waals surface area contributed by atoms with Crippen molar-refractivity contribution in [3.05, 3.63) is 53.6 Å². The summed E-state index contributed by atoms with van der Waals surface area (Å²) in [5.74, 6) is -0.524. The number of aryl methyl sites for hydroxylation is 2. The SMILES string of the molecule is Cc1ccc(C)c(OCC(=O)Nc2ccccc2OC(F)(F)F)c1. The molecule has 2 aromatic rings. The molecule has 0 saturated heterocycles. The molecule has 0 aliphatic carbocycles. The van der Waals surface area contributed by atoms with E-state index in [0.717, 1.165) is 17.2 Å². The lowest BCUT2D eigenvalue weighted by Crippen LogP contribution is -2.22. The Bertz CT molecular complexity index is 729. The van der Waals surface area contributed by atoms with Crippen LogP contribution in [0.2, 0.25) is 0 Å². The van der Waals surface area contributed by atoms with Crippen molar-refractivity contribution in [3.8, 4) is 11.5 Å². The van der Waals surface area contributed by atoms with E-state index >= 15 is 0 Å². The number of benzene rings is 2. The van der Waals surface area contributed by atoms with Crippen LogP contribution in [0.1, 0.15) is 11.1 Å². The monoisotopic (exact) mass is 339 g/mol. The van der Waals surface area contributed by atoms with Crippen LogP contribution in [0.3, 0.4) is 0 Å². The van der Waals surface area contributed by atoms with Crippen LogP contribution in [0.5, 0.6) is 11.5 Å². The molecular formula is C17H16F3NO3. The molecule has 24 heavy (non-hydrogen) atoms. The number of rotatable bonds is 5. The summed E-state index contributed by atoms with van der Waals surface area (Å²) < 4.78 is 46.3. The molecule has 7 heteroatoms. The van der Waals surface area contributed by atoms with Crippen molar-refractivity contribution < 1.29 is 27.4 Å². The molecule has 2 aromatic carbocycles. The van der Waals surface area contributed by atoms with Crippen molar-refractivity contribution in [2.75, 3.05) is 11.9 Å². The number of anilines is 1. The van der Waals surface area contributed by atoms with Crippen LogP contribution in [0.15, 0.2) is 42.5 Å². The second kappa shape index (κ2) is 7.25. The Balaban J connectivity index is 2.01. The Kier molecular flexibility index (Phi) is 5.33. The highest BCUT2D eigenvalue weighted by Crippen LogP contribution is 2.29. The van der Waals surface area contributed by atoms with Crippen molar-refractivity contribution in [1.29, 1.82) is 0 Å². The van der Waals surface area contributed by atoms with Gasteiger partial charge in [0.05, 0.1) is 5.69 Å². The average Bonchev–Trinajstić information content (AvgIpc) is 2.49. The van der Waals surface area contributed by atoms with Crippen molar-refractivity contribution in [2.24, 2.45) is 0 Å². The maximum atomic E-state index is 12.4. The van der Waals surface area contributed by atoms with Gasteiger partial charge >= 0.3 is 6.36 Å². The van der Waals surface area contributed by atoms with Gasteiger partial charge in [0.1, 0.15) is 5.75 Å². The van der Waals surface area contributed by atoms with Gasteiger partial charge < -0.3 is 14.8 Å². The fourth-order valence-electron chi connectivity index (χ4n) is 1.98. The summed E-state index contributed by atoms with van der Waals surface area (Å²) in [5.41, 5.74) is 1.75. The Morgan fingerprint density at radius 3 is 2.50 bits per heavy atom. The van der Waals surface area contributed by atoms with E-state index < -0.39 is 18.0 Å². The molecule has 0 radical (unpaired) electrons. The van der Waals surface area contributed by atoms with Crippen LogP contribution in [0, 0.1) is 13.8 Å². The second-order valence-corrected chi connectivity index (χ2v) is 5.15. The van der Waals surface area contributed by atoms with Crippen molar-refractivity contribution >= 4 is 11.6 Å². The van der Waals surface area contributed by atoms with E-state index in [0.29, 0.717) is 5.75 Å². The first-order chi connectivity index (χ1) is 11.2. The number of halogens is 3. The Labute approximate surface area is 137 Å². The summed E-state index contributed by atoms with van der Waals surface area (Å²) in [6.07, 6.45) is -4.84. The van der Waals surface area contributed by atoms with Crippen molar-refractivity contribution in [2.45, 2.75) is 20.2 Å². The molecule has 0 fully saturated rings. The van der Waals surface area contributed by atoms with Gasteiger partial charge in [-0.25, -0.2) is 0 Å². The van der Waals surface area contributed by atoms with E-state index in [1.54, 1.807) is 6.07 Å². The van der Waals surface area contributed by atoms with Crippen LogP contribution in [-0.2, 0) is 4.79 Å². The van der Waals surface area contributed by atoms with Crippen LogP contribution >= 0.6 is 0 Å². The standard InChI is InChI=1S/C17H16F3NO3/c1-11-7-8-12(2)15(9-11)23-10-16(22)21-13-5-3-4-6-14(13)24-17(18,19)20/h3-9H,10H2,1-2H3,(H,21,22).